The van der Waals surface area contributed by atoms with Crippen LogP contribution in [0.25, 0.3) is 10.9 Å². The highest BCUT2D eigenvalue weighted by atomic mass is 35.5. The number of carbonyl (C=O) groups excluding carboxylic acids is 1. The maximum absolute atomic E-state index is 12.8. The number of morpholine rings is 1. The van der Waals surface area contributed by atoms with Gasteiger partial charge in [0.25, 0.3) is 11.6 Å². The van der Waals surface area contributed by atoms with Gasteiger partial charge in [-0.3, -0.25) is 24.4 Å². The number of nitro benzene ring substituents is 1. The number of hydrogen-bond donors (Lipinski definition) is 2. The largest absolute Gasteiger partial charge is 0.493 e. The van der Waals surface area contributed by atoms with Gasteiger partial charge in [0.1, 0.15) is 5.69 Å². The van der Waals surface area contributed by atoms with Crippen molar-refractivity contribution in [2.24, 2.45) is 10.2 Å². The molecule has 38 heavy (non-hydrogen) atoms. The van der Waals surface area contributed by atoms with E-state index in [9.17, 15) is 20.0 Å². The average Bonchev–Trinajstić information content (AvgIpc) is 3.19. The number of nitro groups is 1. The first-order valence-corrected chi connectivity index (χ1v) is 12.2. The van der Waals surface area contributed by atoms with Crippen LogP contribution in [0.3, 0.4) is 0 Å². The van der Waals surface area contributed by atoms with Crippen LogP contribution in [0.5, 0.6) is 5.88 Å². The molecule has 3 aromatic carbocycles. The lowest BCUT2D eigenvalue weighted by Crippen LogP contribution is -2.37. The third kappa shape index (κ3) is 5.35. The zero-order valence-corrected chi connectivity index (χ0v) is 20.8. The molecule has 0 spiro atoms. The van der Waals surface area contributed by atoms with E-state index in [4.69, 9.17) is 16.3 Å². The lowest BCUT2D eigenvalue weighted by Gasteiger charge is -2.27. The molecule has 0 bridgehead atoms. The van der Waals surface area contributed by atoms with E-state index < -0.39 is 10.8 Å². The van der Waals surface area contributed by atoms with Gasteiger partial charge < -0.3 is 15.2 Å². The molecule has 1 aliphatic rings. The number of anilines is 2. The van der Waals surface area contributed by atoms with Crippen LogP contribution in [0.1, 0.15) is 10.4 Å². The highest BCUT2D eigenvalue weighted by Crippen LogP contribution is 2.39. The molecule has 0 atom stereocenters. The molecule has 194 valence electrons. The van der Waals surface area contributed by atoms with Gasteiger partial charge in [-0.05, 0) is 42.5 Å². The van der Waals surface area contributed by atoms with Crippen LogP contribution in [-0.2, 0) is 11.4 Å². The number of amides is 1. The maximum Gasteiger partial charge on any atom is 0.295 e. The van der Waals surface area contributed by atoms with E-state index in [1.165, 1.54) is 12.1 Å². The second-order valence-corrected chi connectivity index (χ2v) is 9.05. The Bertz CT molecular complexity index is 1530. The summed E-state index contributed by atoms with van der Waals surface area (Å²) in [7, 11) is 0. The molecule has 11 nitrogen and oxygen atoms in total. The summed E-state index contributed by atoms with van der Waals surface area (Å²) < 4.78 is 7.11. The quantitative estimate of drug-likeness (QED) is 0.172. The summed E-state index contributed by atoms with van der Waals surface area (Å²) in [5.41, 5.74) is 1.38. The third-order valence-corrected chi connectivity index (χ3v) is 6.42. The minimum Gasteiger partial charge on any atom is -0.493 e. The first kappa shape index (κ1) is 25.3. The highest BCUT2D eigenvalue weighted by molar-refractivity contribution is 6.30. The van der Waals surface area contributed by atoms with Crippen molar-refractivity contribution in [2.75, 3.05) is 31.6 Å². The predicted octanol–water partition coefficient (Wildman–Crippen LogP) is 5.87. The van der Waals surface area contributed by atoms with E-state index in [-0.39, 0.29) is 28.5 Å². The van der Waals surface area contributed by atoms with E-state index in [0.717, 1.165) is 24.7 Å². The Hall–Kier alpha value is -4.32. The monoisotopic (exact) mass is 534 g/mol. The Morgan fingerprint density at radius 2 is 1.84 bits per heavy atom. The van der Waals surface area contributed by atoms with Gasteiger partial charge in [0.2, 0.25) is 5.88 Å². The van der Waals surface area contributed by atoms with Crippen molar-refractivity contribution in [3.8, 4) is 5.88 Å². The van der Waals surface area contributed by atoms with Crippen molar-refractivity contribution in [2.45, 2.75) is 6.67 Å². The van der Waals surface area contributed by atoms with Gasteiger partial charge in [0.15, 0.2) is 5.69 Å². The number of hydrogen-bond acceptors (Lipinski definition) is 8. The van der Waals surface area contributed by atoms with Gasteiger partial charge in [-0.1, -0.05) is 29.8 Å². The smallest absolute Gasteiger partial charge is 0.295 e. The zero-order valence-electron chi connectivity index (χ0n) is 20.1. The molecule has 0 unspecified atom stereocenters. The number of halogens is 1. The molecule has 1 aromatic heterocycles. The van der Waals surface area contributed by atoms with Gasteiger partial charge in [0.05, 0.1) is 35.9 Å². The minimum atomic E-state index is -0.782. The molecule has 2 N–H and O–H groups in total. The number of benzene rings is 3. The highest BCUT2D eigenvalue weighted by Gasteiger charge is 2.21. The van der Waals surface area contributed by atoms with Crippen molar-refractivity contribution >= 4 is 51.2 Å². The molecule has 12 heteroatoms. The third-order valence-electron chi connectivity index (χ3n) is 6.17. The maximum atomic E-state index is 12.8. The number of azo groups is 1. The Morgan fingerprint density at radius 3 is 2.58 bits per heavy atom. The number of ether oxygens (including phenoxy) is 1. The van der Waals surface area contributed by atoms with Crippen LogP contribution in [0.2, 0.25) is 5.02 Å². The number of carbonyl (C=O) groups is 1. The Kier molecular flexibility index (Phi) is 7.31. The predicted molar refractivity (Wildman–Crippen MR) is 143 cm³/mol. The van der Waals surface area contributed by atoms with Crippen molar-refractivity contribution in [3.05, 3.63) is 87.4 Å². The van der Waals surface area contributed by atoms with E-state index in [1.807, 2.05) is 12.1 Å². The second kappa shape index (κ2) is 11.0. The van der Waals surface area contributed by atoms with Crippen LogP contribution in [0.15, 0.2) is 77.0 Å². The average molecular weight is 535 g/mol. The van der Waals surface area contributed by atoms with E-state index in [1.54, 1.807) is 41.0 Å². The number of rotatable bonds is 7. The number of nitrogens with one attached hydrogen (secondary N) is 1. The van der Waals surface area contributed by atoms with Crippen LogP contribution in [0.4, 0.5) is 22.7 Å². The van der Waals surface area contributed by atoms with Crippen molar-refractivity contribution in [1.29, 1.82) is 0 Å². The fourth-order valence-electron chi connectivity index (χ4n) is 4.22. The zero-order chi connectivity index (χ0) is 26.6. The number of nitrogens with zero attached hydrogens (tertiary/aromatic N) is 5. The molecule has 0 radical (unpaired) electrons. The molecule has 2 heterocycles. The van der Waals surface area contributed by atoms with Crippen LogP contribution in [0, 0.1) is 10.1 Å². The van der Waals surface area contributed by atoms with E-state index >= 15 is 0 Å². The summed E-state index contributed by atoms with van der Waals surface area (Å²) in [5.74, 6) is -0.904. The number of para-hydroxylation sites is 1. The topological polar surface area (TPSA) is 135 Å². The molecule has 1 fully saturated rings. The first-order valence-electron chi connectivity index (χ1n) is 11.8. The number of fused-ring (bicyclic) bond motifs is 1. The number of aromatic nitrogens is 1. The van der Waals surface area contributed by atoms with E-state index in [0.29, 0.717) is 36.0 Å². The lowest BCUT2D eigenvalue weighted by molar-refractivity contribution is -0.383. The molecular weight excluding hydrogens is 512 g/mol. The molecule has 1 aliphatic heterocycles. The molecule has 1 amide bonds. The van der Waals surface area contributed by atoms with Gasteiger partial charge in [-0.25, -0.2) is 0 Å². The fraction of sp³-hybridized carbons (Fsp3) is 0.192. The van der Waals surface area contributed by atoms with Gasteiger partial charge in [0, 0.05) is 35.3 Å². The molecule has 4 aromatic rings. The van der Waals surface area contributed by atoms with Crippen LogP contribution >= 0.6 is 11.6 Å². The minimum absolute atomic E-state index is 0.0151. The first-order chi connectivity index (χ1) is 18.4. The van der Waals surface area contributed by atoms with E-state index in [2.05, 4.69) is 20.4 Å². The van der Waals surface area contributed by atoms with Gasteiger partial charge in [-0.2, -0.15) is 0 Å². The van der Waals surface area contributed by atoms with Crippen molar-refractivity contribution < 1.29 is 19.6 Å². The van der Waals surface area contributed by atoms with Crippen LogP contribution in [-0.4, -0.2) is 51.7 Å². The standard InChI is InChI=1S/C26H23ClN6O5/c27-18-6-8-19(9-7-18)28-21-10-5-17(15-23(21)33(36)37)25(34)30-29-24-20-3-1-2-4-22(20)32(26(24)35)16-31-11-13-38-14-12-31/h1-10,15,28,35H,11-14,16H2. The Labute approximate surface area is 222 Å². The SMILES string of the molecule is O=C(N=Nc1c(O)n(CN2CCOCC2)c2ccccc12)c1ccc(Nc2ccc(Cl)cc2)c([N+](=O)[O-])c1. The summed E-state index contributed by atoms with van der Waals surface area (Å²) in [6.07, 6.45) is 0. The lowest BCUT2D eigenvalue weighted by atomic mass is 10.1. The summed E-state index contributed by atoms with van der Waals surface area (Å²) in [4.78, 5) is 26.1. The second-order valence-electron chi connectivity index (χ2n) is 8.62. The summed E-state index contributed by atoms with van der Waals surface area (Å²) in [6.45, 7) is 3.10. The van der Waals surface area contributed by atoms with Crippen molar-refractivity contribution in [3.63, 3.8) is 0 Å². The summed E-state index contributed by atoms with van der Waals surface area (Å²) >= 11 is 5.90. The molecule has 0 aliphatic carbocycles. The number of aromatic hydroxyl groups is 1. The normalized spacial score (nSPS) is 14.2. The van der Waals surface area contributed by atoms with Crippen LogP contribution < -0.4 is 5.32 Å². The molecule has 5 rings (SSSR count). The Balaban J connectivity index is 1.41. The molecule has 1 saturated heterocycles. The molecular formula is C26H23ClN6O5. The molecule has 0 saturated carbocycles. The summed E-state index contributed by atoms with van der Waals surface area (Å²) in [5, 5.41) is 34.6. The van der Waals surface area contributed by atoms with Crippen molar-refractivity contribution in [1.82, 2.24) is 9.47 Å². The summed E-state index contributed by atoms with van der Waals surface area (Å²) in [6, 6.07) is 18.0. The fourth-order valence-corrected chi connectivity index (χ4v) is 4.35. The van der Waals surface area contributed by atoms with Gasteiger partial charge in [-0.15, -0.1) is 10.2 Å². The van der Waals surface area contributed by atoms with Gasteiger partial charge >= 0.3 is 0 Å². The Morgan fingerprint density at radius 1 is 1.11 bits per heavy atom.